The molecule has 1 aliphatic heterocycles. The van der Waals surface area contributed by atoms with E-state index in [1.54, 1.807) is 43.5 Å². The van der Waals surface area contributed by atoms with E-state index in [4.69, 9.17) is 13.9 Å². The number of benzene rings is 2. The van der Waals surface area contributed by atoms with Gasteiger partial charge in [0.05, 0.1) is 29.8 Å². The SMILES string of the molecule is C=CCOc1ccc(C2c3c(oc4ccc(Br)cc4c3=O)C(=O)N2c2nc(C)c(C)s2)cc1OC. The van der Waals surface area contributed by atoms with Crippen LogP contribution in [0.1, 0.15) is 38.3 Å². The number of anilines is 1. The smallest absolute Gasteiger partial charge is 0.297 e. The first-order valence-electron chi connectivity index (χ1n) is 10.8. The maximum atomic E-state index is 13.8. The van der Waals surface area contributed by atoms with E-state index >= 15 is 0 Å². The molecule has 1 unspecified atom stereocenters. The molecule has 0 aliphatic carbocycles. The Bertz CT molecular complexity index is 1540. The number of carbonyl (C=O) groups excluding carboxylic acids is 1. The van der Waals surface area contributed by atoms with Gasteiger partial charge in [-0.25, -0.2) is 4.98 Å². The lowest BCUT2D eigenvalue weighted by atomic mass is 9.98. The van der Waals surface area contributed by atoms with Gasteiger partial charge in [-0.15, -0.1) is 11.3 Å². The van der Waals surface area contributed by atoms with Gasteiger partial charge in [0.2, 0.25) is 5.76 Å². The van der Waals surface area contributed by atoms with Crippen LogP contribution in [0.3, 0.4) is 0 Å². The van der Waals surface area contributed by atoms with E-state index in [1.165, 1.54) is 16.2 Å². The van der Waals surface area contributed by atoms with E-state index in [0.29, 0.717) is 39.8 Å². The van der Waals surface area contributed by atoms with Crippen LogP contribution >= 0.6 is 27.3 Å². The lowest BCUT2D eigenvalue weighted by Gasteiger charge is -2.23. The number of halogens is 1. The summed E-state index contributed by atoms with van der Waals surface area (Å²) >= 11 is 4.82. The minimum Gasteiger partial charge on any atom is -0.493 e. The Morgan fingerprint density at radius 3 is 2.69 bits per heavy atom. The summed E-state index contributed by atoms with van der Waals surface area (Å²) in [6.45, 7) is 7.83. The first-order chi connectivity index (χ1) is 16.8. The highest BCUT2D eigenvalue weighted by molar-refractivity contribution is 9.10. The fraction of sp³-hybridized carbons (Fsp3) is 0.192. The molecule has 4 aromatic rings. The van der Waals surface area contributed by atoms with Crippen molar-refractivity contribution in [1.82, 2.24) is 4.98 Å². The summed E-state index contributed by atoms with van der Waals surface area (Å²) in [5, 5.41) is 0.888. The topological polar surface area (TPSA) is 81.9 Å². The molecule has 2 aromatic heterocycles. The van der Waals surface area contributed by atoms with E-state index < -0.39 is 11.9 Å². The van der Waals surface area contributed by atoms with Gasteiger partial charge in [0.15, 0.2) is 22.1 Å². The molecule has 178 valence electrons. The number of methoxy groups -OCH3 is 1. The first-order valence-corrected chi connectivity index (χ1v) is 12.4. The van der Waals surface area contributed by atoms with Crippen LogP contribution in [0.25, 0.3) is 11.0 Å². The number of carbonyl (C=O) groups is 1. The van der Waals surface area contributed by atoms with Crippen molar-refractivity contribution in [1.29, 1.82) is 0 Å². The fourth-order valence-electron chi connectivity index (χ4n) is 4.14. The van der Waals surface area contributed by atoms with Crippen molar-refractivity contribution < 1.29 is 18.7 Å². The number of aromatic nitrogens is 1. The van der Waals surface area contributed by atoms with E-state index in [9.17, 15) is 9.59 Å². The zero-order valence-electron chi connectivity index (χ0n) is 19.3. The van der Waals surface area contributed by atoms with Gasteiger partial charge in [0, 0.05) is 9.35 Å². The average molecular weight is 553 g/mol. The molecule has 5 rings (SSSR count). The van der Waals surface area contributed by atoms with Gasteiger partial charge >= 0.3 is 0 Å². The quantitative estimate of drug-likeness (QED) is 0.275. The summed E-state index contributed by atoms with van der Waals surface area (Å²) in [6.07, 6.45) is 1.64. The molecule has 2 aromatic carbocycles. The van der Waals surface area contributed by atoms with Gasteiger partial charge in [0.25, 0.3) is 5.91 Å². The molecule has 0 saturated heterocycles. The predicted octanol–water partition coefficient (Wildman–Crippen LogP) is 5.95. The van der Waals surface area contributed by atoms with Gasteiger partial charge in [0.1, 0.15) is 12.2 Å². The molecular weight excluding hydrogens is 532 g/mol. The number of ether oxygens (including phenoxy) is 2. The van der Waals surface area contributed by atoms with Crippen molar-refractivity contribution >= 4 is 49.3 Å². The standard InChI is InChI=1S/C26H21BrN2O5S/c1-5-10-33-19-8-6-15(11-20(19)32-4)22-21-23(30)17-12-16(27)7-9-18(17)34-24(21)25(31)29(22)26-28-13(2)14(3)35-26/h5-9,11-12,22H,1,10H2,2-4H3. The van der Waals surface area contributed by atoms with Crippen LogP contribution in [0.15, 0.2) is 62.7 Å². The number of thiazole rings is 1. The number of aryl methyl sites for hydroxylation is 2. The molecule has 0 N–H and O–H groups in total. The van der Waals surface area contributed by atoms with E-state index in [-0.39, 0.29) is 16.8 Å². The number of nitrogens with zero attached hydrogens (tertiary/aromatic N) is 2. The lowest BCUT2D eigenvalue weighted by molar-refractivity contribution is 0.0971. The minimum absolute atomic E-state index is 0.0197. The van der Waals surface area contributed by atoms with Crippen LogP contribution in [0.4, 0.5) is 5.13 Å². The predicted molar refractivity (Wildman–Crippen MR) is 139 cm³/mol. The molecule has 0 fully saturated rings. The van der Waals surface area contributed by atoms with Crippen LogP contribution in [0.5, 0.6) is 11.5 Å². The summed E-state index contributed by atoms with van der Waals surface area (Å²) in [7, 11) is 1.54. The Morgan fingerprint density at radius 1 is 1.20 bits per heavy atom. The van der Waals surface area contributed by atoms with E-state index in [2.05, 4.69) is 27.5 Å². The van der Waals surface area contributed by atoms with Gasteiger partial charge in [-0.3, -0.25) is 14.5 Å². The maximum Gasteiger partial charge on any atom is 0.297 e. The number of hydrogen-bond donors (Lipinski definition) is 0. The molecule has 35 heavy (non-hydrogen) atoms. The normalized spacial score (nSPS) is 14.9. The van der Waals surface area contributed by atoms with Gasteiger partial charge < -0.3 is 13.9 Å². The maximum absolute atomic E-state index is 13.8. The van der Waals surface area contributed by atoms with Crippen molar-refractivity contribution in [2.75, 3.05) is 18.6 Å². The van der Waals surface area contributed by atoms with Crippen molar-refractivity contribution in [3.05, 3.63) is 91.2 Å². The van der Waals surface area contributed by atoms with Crippen LogP contribution < -0.4 is 19.8 Å². The third-order valence-corrected chi connectivity index (χ3v) is 7.48. The molecule has 0 spiro atoms. The second-order valence-corrected chi connectivity index (χ2v) is 10.1. The molecule has 1 atom stereocenters. The Labute approximate surface area is 213 Å². The zero-order chi connectivity index (χ0) is 24.9. The van der Waals surface area contributed by atoms with E-state index in [0.717, 1.165) is 15.0 Å². The summed E-state index contributed by atoms with van der Waals surface area (Å²) in [5.74, 6) is 0.616. The third-order valence-electron chi connectivity index (χ3n) is 5.92. The molecule has 9 heteroatoms. The molecule has 0 bridgehead atoms. The van der Waals surface area contributed by atoms with Crippen molar-refractivity contribution in [3.63, 3.8) is 0 Å². The number of fused-ring (bicyclic) bond motifs is 2. The summed E-state index contributed by atoms with van der Waals surface area (Å²) in [5.41, 5.74) is 1.86. The second kappa shape index (κ2) is 8.98. The highest BCUT2D eigenvalue weighted by atomic mass is 79.9. The molecule has 1 aliphatic rings. The number of amides is 1. The van der Waals surface area contributed by atoms with Gasteiger partial charge in [-0.2, -0.15) is 0 Å². The Balaban J connectivity index is 1.77. The highest BCUT2D eigenvalue weighted by Gasteiger charge is 2.45. The minimum atomic E-state index is -0.746. The number of rotatable bonds is 6. The molecule has 0 saturated carbocycles. The molecule has 1 amide bonds. The van der Waals surface area contributed by atoms with Crippen molar-refractivity contribution in [3.8, 4) is 11.5 Å². The van der Waals surface area contributed by atoms with Crippen LogP contribution in [0.2, 0.25) is 0 Å². The van der Waals surface area contributed by atoms with Crippen molar-refractivity contribution in [2.45, 2.75) is 19.9 Å². The summed E-state index contributed by atoms with van der Waals surface area (Å²) in [4.78, 5) is 34.6. The van der Waals surface area contributed by atoms with Gasteiger partial charge in [-0.05, 0) is 49.7 Å². The average Bonchev–Trinajstić information content (AvgIpc) is 3.33. The fourth-order valence-corrected chi connectivity index (χ4v) is 5.44. The molecule has 7 nitrogen and oxygen atoms in total. The van der Waals surface area contributed by atoms with Crippen molar-refractivity contribution in [2.24, 2.45) is 0 Å². The highest BCUT2D eigenvalue weighted by Crippen LogP contribution is 2.44. The van der Waals surface area contributed by atoms with Crippen LogP contribution in [0, 0.1) is 13.8 Å². The lowest BCUT2D eigenvalue weighted by Crippen LogP contribution is -2.29. The molecule has 3 heterocycles. The summed E-state index contributed by atoms with van der Waals surface area (Å²) in [6, 6.07) is 9.76. The Hall–Kier alpha value is -3.43. The second-order valence-electron chi connectivity index (χ2n) is 8.04. The van der Waals surface area contributed by atoms with Crippen LogP contribution in [-0.2, 0) is 0 Å². The van der Waals surface area contributed by atoms with Crippen LogP contribution in [-0.4, -0.2) is 24.6 Å². The largest absolute Gasteiger partial charge is 0.493 e. The third kappa shape index (κ3) is 3.84. The molecule has 0 radical (unpaired) electrons. The summed E-state index contributed by atoms with van der Waals surface area (Å²) < 4.78 is 18.0. The van der Waals surface area contributed by atoms with Gasteiger partial charge in [-0.1, -0.05) is 34.7 Å². The van der Waals surface area contributed by atoms with E-state index in [1.807, 2.05) is 19.9 Å². The Kier molecular flexibility index (Phi) is 5.98. The Morgan fingerprint density at radius 2 is 2.00 bits per heavy atom. The molecular formula is C26H21BrN2O5S. The zero-order valence-corrected chi connectivity index (χ0v) is 21.7. The number of hydrogen-bond acceptors (Lipinski definition) is 7. The first kappa shape index (κ1) is 23.3. The monoisotopic (exact) mass is 552 g/mol.